The van der Waals surface area contributed by atoms with Crippen molar-refractivity contribution in [3.05, 3.63) is 53.3 Å². The van der Waals surface area contributed by atoms with Crippen LogP contribution in [0, 0.1) is 5.82 Å². The summed E-state index contributed by atoms with van der Waals surface area (Å²) in [6.07, 6.45) is 0. The van der Waals surface area contributed by atoms with E-state index in [1.807, 2.05) is 24.3 Å². The van der Waals surface area contributed by atoms with Crippen molar-refractivity contribution in [1.82, 2.24) is 0 Å². The molecule has 4 nitrogen and oxygen atoms in total. The second kappa shape index (κ2) is 5.83. The molecule has 2 rings (SSSR count). The Morgan fingerprint density at radius 1 is 1.19 bits per heavy atom. The first kappa shape index (κ1) is 14.8. The van der Waals surface area contributed by atoms with E-state index in [0.717, 1.165) is 6.07 Å². The van der Waals surface area contributed by atoms with Gasteiger partial charge in [-0.15, -0.1) is 0 Å². The number of carbonyl (C=O) groups is 1. The third kappa shape index (κ3) is 3.13. The monoisotopic (exact) mass is 288 g/mol. The van der Waals surface area contributed by atoms with Gasteiger partial charge >= 0.3 is 5.97 Å². The minimum Gasteiger partial charge on any atom is -0.478 e. The van der Waals surface area contributed by atoms with Gasteiger partial charge in [-0.1, -0.05) is 26.0 Å². The molecule has 0 fully saturated rings. The molecule has 2 aromatic carbocycles. The first-order chi connectivity index (χ1) is 9.90. The number of aromatic carboxylic acids is 1. The van der Waals surface area contributed by atoms with E-state index in [-0.39, 0.29) is 16.9 Å². The molecule has 0 spiro atoms. The van der Waals surface area contributed by atoms with Crippen LogP contribution in [-0.4, -0.2) is 11.1 Å². The number of nitrogens with two attached hydrogens (primary N) is 1. The number of nitrogen functional groups attached to an aromatic ring is 1. The Bertz CT molecular complexity index is 667. The van der Waals surface area contributed by atoms with Gasteiger partial charge in [0.15, 0.2) is 0 Å². The van der Waals surface area contributed by atoms with E-state index in [9.17, 15) is 14.3 Å². The van der Waals surface area contributed by atoms with Gasteiger partial charge in [0.25, 0.3) is 0 Å². The molecule has 0 bridgehead atoms. The summed E-state index contributed by atoms with van der Waals surface area (Å²) in [4.78, 5) is 11.2. The van der Waals surface area contributed by atoms with Gasteiger partial charge in [0.1, 0.15) is 11.4 Å². The van der Waals surface area contributed by atoms with Crippen molar-refractivity contribution in [2.45, 2.75) is 19.8 Å². The molecule has 0 atom stereocenters. The average Bonchev–Trinajstić information content (AvgIpc) is 2.43. The van der Waals surface area contributed by atoms with Crippen LogP contribution in [-0.2, 0) is 0 Å². The highest BCUT2D eigenvalue weighted by atomic mass is 19.1. The second-order valence-electron chi connectivity index (χ2n) is 5.09. The molecule has 2 aromatic rings. The van der Waals surface area contributed by atoms with E-state index < -0.39 is 11.8 Å². The lowest BCUT2D eigenvalue weighted by Crippen LogP contribution is -2.08. The van der Waals surface area contributed by atoms with Crippen molar-refractivity contribution < 1.29 is 14.3 Å². The predicted octanol–water partition coefficient (Wildman–Crippen LogP) is 3.97. The molecule has 21 heavy (non-hydrogen) atoms. The number of rotatable bonds is 4. The highest BCUT2D eigenvalue weighted by Crippen LogP contribution is 2.28. The minimum absolute atomic E-state index is 0.261. The summed E-state index contributed by atoms with van der Waals surface area (Å²) in [5.41, 5.74) is 7.03. The van der Waals surface area contributed by atoms with E-state index in [1.54, 1.807) is 0 Å². The molecule has 0 aromatic heterocycles. The molecule has 0 unspecified atom stereocenters. The summed E-state index contributed by atoms with van der Waals surface area (Å²) >= 11 is 0. The van der Waals surface area contributed by atoms with Gasteiger partial charge in [0.05, 0.1) is 11.4 Å². The summed E-state index contributed by atoms with van der Waals surface area (Å²) in [6, 6.07) is 10.1. The molecule has 0 saturated carbocycles. The van der Waals surface area contributed by atoms with Crippen LogP contribution >= 0.6 is 0 Å². The van der Waals surface area contributed by atoms with Gasteiger partial charge in [-0.3, -0.25) is 0 Å². The zero-order chi connectivity index (χ0) is 15.6. The van der Waals surface area contributed by atoms with Crippen LogP contribution in [0.3, 0.4) is 0 Å². The summed E-state index contributed by atoms with van der Waals surface area (Å²) in [5.74, 6) is -1.60. The fourth-order valence-corrected chi connectivity index (χ4v) is 2.04. The second-order valence-corrected chi connectivity index (χ2v) is 5.09. The van der Waals surface area contributed by atoms with Crippen LogP contribution in [0.5, 0.6) is 0 Å². The minimum atomic E-state index is -1.27. The molecule has 110 valence electrons. The number of hydrogen-bond donors (Lipinski definition) is 3. The highest BCUT2D eigenvalue weighted by molar-refractivity contribution is 6.00. The van der Waals surface area contributed by atoms with Crippen molar-refractivity contribution in [2.24, 2.45) is 0 Å². The fraction of sp³-hybridized carbons (Fsp3) is 0.188. The summed E-state index contributed by atoms with van der Waals surface area (Å²) in [6.45, 7) is 4.18. The van der Waals surface area contributed by atoms with Gasteiger partial charge < -0.3 is 16.2 Å². The van der Waals surface area contributed by atoms with Gasteiger partial charge in [-0.25, -0.2) is 9.18 Å². The van der Waals surface area contributed by atoms with Gasteiger partial charge in [-0.05, 0) is 35.7 Å². The number of nitrogens with one attached hydrogen (secondary N) is 1. The van der Waals surface area contributed by atoms with E-state index in [0.29, 0.717) is 11.6 Å². The first-order valence-corrected chi connectivity index (χ1v) is 6.58. The largest absolute Gasteiger partial charge is 0.478 e. The Balaban J connectivity index is 2.35. The molecule has 5 heteroatoms. The van der Waals surface area contributed by atoms with Crippen LogP contribution in [0.25, 0.3) is 0 Å². The normalized spacial score (nSPS) is 10.7. The Kier molecular flexibility index (Phi) is 4.12. The van der Waals surface area contributed by atoms with E-state index >= 15 is 0 Å². The van der Waals surface area contributed by atoms with Crippen molar-refractivity contribution in [2.75, 3.05) is 11.1 Å². The fourth-order valence-electron chi connectivity index (χ4n) is 2.04. The van der Waals surface area contributed by atoms with Gasteiger partial charge in [0.2, 0.25) is 0 Å². The zero-order valence-electron chi connectivity index (χ0n) is 11.9. The van der Waals surface area contributed by atoms with Crippen LogP contribution in [0.15, 0.2) is 36.4 Å². The Morgan fingerprint density at radius 3 is 2.33 bits per heavy atom. The van der Waals surface area contributed by atoms with Crippen molar-refractivity contribution >= 4 is 23.0 Å². The molecular weight excluding hydrogens is 271 g/mol. The summed E-state index contributed by atoms with van der Waals surface area (Å²) in [7, 11) is 0. The van der Waals surface area contributed by atoms with E-state index in [2.05, 4.69) is 19.2 Å². The van der Waals surface area contributed by atoms with Gasteiger partial charge in [-0.2, -0.15) is 0 Å². The third-order valence-corrected chi connectivity index (χ3v) is 3.26. The molecule has 0 aliphatic carbocycles. The number of carboxylic acid groups (broad SMARTS) is 1. The lowest BCUT2D eigenvalue weighted by Gasteiger charge is -2.13. The number of benzene rings is 2. The predicted molar refractivity (Wildman–Crippen MR) is 81.6 cm³/mol. The number of halogens is 1. The van der Waals surface area contributed by atoms with E-state index in [4.69, 9.17) is 5.73 Å². The maximum absolute atomic E-state index is 13.4. The Labute approximate surface area is 122 Å². The lowest BCUT2D eigenvalue weighted by atomic mass is 10.0. The topological polar surface area (TPSA) is 75.3 Å². The number of carboxylic acids is 1. The van der Waals surface area contributed by atoms with E-state index in [1.165, 1.54) is 11.6 Å². The van der Waals surface area contributed by atoms with Crippen molar-refractivity contribution in [1.29, 1.82) is 0 Å². The summed E-state index contributed by atoms with van der Waals surface area (Å²) in [5, 5.41) is 12.1. The molecule has 0 heterocycles. The van der Waals surface area contributed by atoms with Crippen LogP contribution in [0.2, 0.25) is 0 Å². The molecule has 0 saturated heterocycles. The highest BCUT2D eigenvalue weighted by Gasteiger charge is 2.17. The first-order valence-electron chi connectivity index (χ1n) is 6.58. The number of hydrogen-bond acceptors (Lipinski definition) is 3. The van der Waals surface area contributed by atoms with Crippen LogP contribution in [0.4, 0.5) is 21.5 Å². The lowest BCUT2D eigenvalue weighted by molar-refractivity contribution is 0.0698. The molecule has 0 aliphatic rings. The maximum Gasteiger partial charge on any atom is 0.340 e. The summed E-state index contributed by atoms with van der Waals surface area (Å²) < 4.78 is 13.4. The average molecular weight is 288 g/mol. The molecule has 0 radical (unpaired) electrons. The van der Waals surface area contributed by atoms with Crippen LogP contribution < -0.4 is 11.1 Å². The Hall–Kier alpha value is -2.56. The Morgan fingerprint density at radius 2 is 1.81 bits per heavy atom. The zero-order valence-corrected chi connectivity index (χ0v) is 11.9. The smallest absolute Gasteiger partial charge is 0.340 e. The number of anilines is 3. The van der Waals surface area contributed by atoms with Crippen molar-refractivity contribution in [3.63, 3.8) is 0 Å². The molecule has 0 amide bonds. The molecule has 0 aliphatic heterocycles. The SMILES string of the molecule is CC(C)c1ccc(Nc2ccc(F)c(N)c2C(=O)O)cc1. The molecule has 4 N–H and O–H groups in total. The van der Waals surface area contributed by atoms with Crippen LogP contribution in [0.1, 0.15) is 35.7 Å². The maximum atomic E-state index is 13.4. The third-order valence-electron chi connectivity index (χ3n) is 3.26. The van der Waals surface area contributed by atoms with Gasteiger partial charge in [0, 0.05) is 5.69 Å². The quantitative estimate of drug-likeness (QED) is 0.744. The molecular formula is C16H17FN2O2. The van der Waals surface area contributed by atoms with Crippen molar-refractivity contribution in [3.8, 4) is 0 Å². The standard InChI is InChI=1S/C16H17FN2O2/c1-9(2)10-3-5-11(6-4-10)19-13-8-7-12(17)15(18)14(13)16(20)21/h3-9,19H,18H2,1-2H3,(H,20,21).